The van der Waals surface area contributed by atoms with Gasteiger partial charge in [0.2, 0.25) is 15.9 Å². The van der Waals surface area contributed by atoms with Gasteiger partial charge in [-0.25, -0.2) is 17.6 Å². The maximum atomic E-state index is 13.1. The predicted octanol–water partition coefficient (Wildman–Crippen LogP) is 4.43. The van der Waals surface area contributed by atoms with Crippen LogP contribution in [0.1, 0.15) is 30.6 Å². The smallest absolute Gasteiger partial charge is 0.341 e. The summed E-state index contributed by atoms with van der Waals surface area (Å²) in [5.74, 6) is -1.79. The van der Waals surface area contributed by atoms with Crippen LogP contribution in [-0.4, -0.2) is 32.9 Å². The molecule has 10 heteroatoms. The molecule has 0 aliphatic rings. The van der Waals surface area contributed by atoms with Gasteiger partial charge in [0.1, 0.15) is 16.9 Å². The Kier molecular flexibility index (Phi) is 7.96. The molecule has 3 rings (SSSR count). The van der Waals surface area contributed by atoms with E-state index >= 15 is 0 Å². The molecule has 0 spiro atoms. The van der Waals surface area contributed by atoms with Crippen LogP contribution in [0, 0.1) is 5.82 Å². The fourth-order valence-electron chi connectivity index (χ4n) is 2.98. The number of amides is 1. The van der Waals surface area contributed by atoms with Gasteiger partial charge in [-0.05, 0) is 49.2 Å². The number of carbonyl (C=O) groups is 2. The van der Waals surface area contributed by atoms with Crippen molar-refractivity contribution in [3.05, 3.63) is 72.0 Å². The number of halogens is 1. The summed E-state index contributed by atoms with van der Waals surface area (Å²) in [5, 5.41) is 2.93. The molecule has 2 aromatic carbocycles. The Balaban J connectivity index is 1.85. The molecule has 3 aromatic rings. The molecule has 1 amide bonds. The highest BCUT2D eigenvalue weighted by Crippen LogP contribution is 2.36. The first kappa shape index (κ1) is 24.6. The normalized spacial score (nSPS) is 12.2. The number of ether oxygens (including phenoxy) is 1. The molecule has 1 unspecified atom stereocenters. The van der Waals surface area contributed by atoms with E-state index in [1.54, 1.807) is 19.9 Å². The Morgan fingerprint density at radius 3 is 2.33 bits per heavy atom. The molecule has 1 aromatic heterocycles. The number of hydrogen-bond acceptors (Lipinski definition) is 6. The standard InChI is InChI=1S/C23H23FN2O5S2/c1-3-19(26-33(29,30)17-12-10-16(24)11-13-17)21(27)25-22-18(23(28)31-4-2)14-20(32-22)15-8-6-5-7-9-15/h5-14,19,26H,3-4H2,1-2H3,(H,25,27). The van der Waals surface area contributed by atoms with Crippen molar-refractivity contribution >= 4 is 38.2 Å². The number of nitrogens with one attached hydrogen (secondary N) is 2. The first-order valence-corrected chi connectivity index (χ1v) is 12.5. The van der Waals surface area contributed by atoms with E-state index in [0.717, 1.165) is 34.7 Å². The molecule has 1 heterocycles. The van der Waals surface area contributed by atoms with Crippen LogP contribution in [-0.2, 0) is 19.6 Å². The van der Waals surface area contributed by atoms with Gasteiger partial charge < -0.3 is 10.1 Å². The highest BCUT2D eigenvalue weighted by atomic mass is 32.2. The minimum absolute atomic E-state index is 0.151. The molecule has 7 nitrogen and oxygen atoms in total. The fraction of sp³-hybridized carbons (Fsp3) is 0.217. The first-order chi connectivity index (χ1) is 15.7. The lowest BCUT2D eigenvalue weighted by Crippen LogP contribution is -2.43. The molecule has 0 saturated carbocycles. The SMILES string of the molecule is CCOC(=O)c1cc(-c2ccccc2)sc1NC(=O)C(CC)NS(=O)(=O)c1ccc(F)cc1. The van der Waals surface area contributed by atoms with Crippen LogP contribution < -0.4 is 10.0 Å². The molecule has 0 aliphatic heterocycles. The summed E-state index contributed by atoms with van der Waals surface area (Å²) in [4.78, 5) is 26.0. The van der Waals surface area contributed by atoms with Gasteiger partial charge in [0.25, 0.3) is 0 Å². The largest absolute Gasteiger partial charge is 0.462 e. The minimum atomic E-state index is -4.06. The van der Waals surface area contributed by atoms with Crippen LogP contribution in [0.25, 0.3) is 10.4 Å². The Hall–Kier alpha value is -3.08. The molecule has 0 aliphatic carbocycles. The number of thiophene rings is 1. The summed E-state index contributed by atoms with van der Waals surface area (Å²) >= 11 is 1.19. The van der Waals surface area contributed by atoms with Crippen molar-refractivity contribution in [2.24, 2.45) is 0 Å². The van der Waals surface area contributed by atoms with Gasteiger partial charge in [-0.15, -0.1) is 11.3 Å². The van der Waals surface area contributed by atoms with Crippen molar-refractivity contribution < 1.29 is 27.1 Å². The molecule has 0 bridgehead atoms. The third-order valence-corrected chi connectivity index (χ3v) is 7.26. The third kappa shape index (κ3) is 6.04. The maximum absolute atomic E-state index is 13.1. The van der Waals surface area contributed by atoms with E-state index < -0.39 is 33.8 Å². The second-order valence-corrected chi connectivity index (χ2v) is 9.73. The monoisotopic (exact) mass is 490 g/mol. The van der Waals surface area contributed by atoms with Crippen molar-refractivity contribution in [3.63, 3.8) is 0 Å². The van der Waals surface area contributed by atoms with Crippen molar-refractivity contribution in [2.45, 2.75) is 31.2 Å². The first-order valence-electron chi connectivity index (χ1n) is 10.2. The second kappa shape index (κ2) is 10.7. The zero-order valence-corrected chi connectivity index (χ0v) is 19.6. The topological polar surface area (TPSA) is 102 Å². The Morgan fingerprint density at radius 2 is 1.73 bits per heavy atom. The second-order valence-electron chi connectivity index (χ2n) is 6.97. The summed E-state index contributed by atoms with van der Waals surface area (Å²) in [6.07, 6.45) is 0.151. The highest BCUT2D eigenvalue weighted by molar-refractivity contribution is 7.89. The number of carbonyl (C=O) groups excluding carboxylic acids is 2. The van der Waals surface area contributed by atoms with Crippen LogP contribution in [0.4, 0.5) is 9.39 Å². The van der Waals surface area contributed by atoms with Gasteiger partial charge in [-0.3, -0.25) is 4.79 Å². The number of rotatable bonds is 9. The van der Waals surface area contributed by atoms with Crippen LogP contribution in [0.3, 0.4) is 0 Å². The molecule has 0 saturated heterocycles. The number of anilines is 1. The van der Waals surface area contributed by atoms with E-state index in [1.165, 1.54) is 11.3 Å². The maximum Gasteiger partial charge on any atom is 0.341 e. The molecule has 33 heavy (non-hydrogen) atoms. The Labute approximate surface area is 195 Å². The number of benzene rings is 2. The van der Waals surface area contributed by atoms with Gasteiger partial charge in [0.05, 0.1) is 17.1 Å². The van der Waals surface area contributed by atoms with E-state index in [2.05, 4.69) is 10.0 Å². The van der Waals surface area contributed by atoms with E-state index in [9.17, 15) is 22.4 Å². The number of esters is 1. The van der Waals surface area contributed by atoms with Gasteiger partial charge in [-0.1, -0.05) is 37.3 Å². The molecular weight excluding hydrogens is 467 g/mol. The average molecular weight is 491 g/mol. The van der Waals surface area contributed by atoms with Gasteiger partial charge in [0.15, 0.2) is 0 Å². The lowest BCUT2D eigenvalue weighted by atomic mass is 10.1. The zero-order valence-electron chi connectivity index (χ0n) is 18.0. The molecule has 1 atom stereocenters. The highest BCUT2D eigenvalue weighted by Gasteiger charge is 2.27. The van der Waals surface area contributed by atoms with E-state index in [1.807, 2.05) is 30.3 Å². The van der Waals surface area contributed by atoms with E-state index in [0.29, 0.717) is 0 Å². The van der Waals surface area contributed by atoms with E-state index in [-0.39, 0.29) is 28.5 Å². The molecule has 174 valence electrons. The lowest BCUT2D eigenvalue weighted by molar-refractivity contribution is -0.117. The number of sulfonamides is 1. The van der Waals surface area contributed by atoms with Crippen molar-refractivity contribution in [1.29, 1.82) is 0 Å². The van der Waals surface area contributed by atoms with Gasteiger partial charge >= 0.3 is 5.97 Å². The van der Waals surface area contributed by atoms with Crippen LogP contribution in [0.5, 0.6) is 0 Å². The number of hydrogen-bond donors (Lipinski definition) is 2. The molecule has 0 fully saturated rings. The van der Waals surface area contributed by atoms with Crippen LogP contribution in [0.2, 0.25) is 0 Å². The molecular formula is C23H23FN2O5S2. The zero-order chi connectivity index (χ0) is 24.0. The quantitative estimate of drug-likeness (QED) is 0.432. The van der Waals surface area contributed by atoms with Crippen molar-refractivity contribution in [3.8, 4) is 10.4 Å². The summed E-state index contributed by atoms with van der Waals surface area (Å²) in [5.41, 5.74) is 1.04. The lowest BCUT2D eigenvalue weighted by Gasteiger charge is -2.17. The van der Waals surface area contributed by atoms with Crippen molar-refractivity contribution in [1.82, 2.24) is 4.72 Å². The Bertz CT molecular complexity index is 1230. The molecule has 2 N–H and O–H groups in total. The van der Waals surface area contributed by atoms with Gasteiger partial charge in [0, 0.05) is 4.88 Å². The minimum Gasteiger partial charge on any atom is -0.462 e. The van der Waals surface area contributed by atoms with Crippen molar-refractivity contribution in [2.75, 3.05) is 11.9 Å². The van der Waals surface area contributed by atoms with Gasteiger partial charge in [-0.2, -0.15) is 4.72 Å². The Morgan fingerprint density at radius 1 is 1.06 bits per heavy atom. The molecule has 0 radical (unpaired) electrons. The van der Waals surface area contributed by atoms with Crippen LogP contribution >= 0.6 is 11.3 Å². The van der Waals surface area contributed by atoms with E-state index in [4.69, 9.17) is 4.74 Å². The third-order valence-electron chi connectivity index (χ3n) is 4.67. The summed E-state index contributed by atoms with van der Waals surface area (Å²) in [7, 11) is -4.06. The summed E-state index contributed by atoms with van der Waals surface area (Å²) in [6.45, 7) is 3.49. The fourth-order valence-corrected chi connectivity index (χ4v) is 5.31. The van der Waals surface area contributed by atoms with Crippen LogP contribution in [0.15, 0.2) is 65.6 Å². The average Bonchev–Trinajstić information content (AvgIpc) is 3.22. The summed E-state index contributed by atoms with van der Waals surface area (Å²) < 4.78 is 45.9. The summed E-state index contributed by atoms with van der Waals surface area (Å²) in [6, 6.07) is 14.1. The predicted molar refractivity (Wildman–Crippen MR) is 125 cm³/mol.